The number of anilines is 1. The minimum absolute atomic E-state index is 0.00490. The van der Waals surface area contributed by atoms with Crippen molar-refractivity contribution in [2.75, 3.05) is 137 Å². The number of amides is 4. The molecule has 0 fully saturated rings. The van der Waals surface area contributed by atoms with Crippen LogP contribution in [0.1, 0.15) is 127 Å². The first kappa shape index (κ1) is 85.8. The van der Waals surface area contributed by atoms with E-state index in [4.69, 9.17) is 57.9 Å². The Morgan fingerprint density at radius 2 is 1.26 bits per heavy atom. The number of azide groups is 1. The van der Waals surface area contributed by atoms with Crippen molar-refractivity contribution in [3.8, 4) is 11.4 Å². The maximum atomic E-state index is 15.8. The summed E-state index contributed by atoms with van der Waals surface area (Å²) >= 11 is 0. The number of carbonyl (C=O) groups excluding carboxylic acids is 4. The zero-order valence-corrected chi connectivity index (χ0v) is 65.1. The molecule has 28 nitrogen and oxygen atoms in total. The third-order valence-corrected chi connectivity index (χ3v) is 20.5. The van der Waals surface area contributed by atoms with Crippen LogP contribution in [0.3, 0.4) is 0 Å². The Labute approximate surface area is 657 Å². The fourth-order valence-electron chi connectivity index (χ4n) is 14.5. The first-order valence-electron chi connectivity index (χ1n) is 38.8. The van der Waals surface area contributed by atoms with Gasteiger partial charge in [0.25, 0.3) is 5.56 Å². The van der Waals surface area contributed by atoms with Gasteiger partial charge in [-0.3, -0.25) is 29.4 Å². The van der Waals surface area contributed by atoms with Gasteiger partial charge in [0.15, 0.2) is 5.60 Å². The highest BCUT2D eigenvalue weighted by atomic mass is 19.1. The summed E-state index contributed by atoms with van der Waals surface area (Å²) in [4.78, 5) is 92.9. The van der Waals surface area contributed by atoms with Crippen LogP contribution >= 0.6 is 0 Å². The summed E-state index contributed by atoms with van der Waals surface area (Å²) < 4.78 is 72.4. The minimum Gasteiger partial charge on any atom is -0.465 e. The van der Waals surface area contributed by atoms with Crippen LogP contribution in [-0.2, 0) is 104 Å². The van der Waals surface area contributed by atoms with Crippen LogP contribution in [0.2, 0.25) is 0 Å². The standard InChI is InChI=1S/C84H105FN10O18/c1-6-83(103)67-51-72-77-65(54-94(72)80(99)66(67)55-113-81(83)100)75-71(29-28-64-58(5)68(85)52-70(90-77)74(64)75)95(82(101)102)53-59-22-26-63(27-23-59)89-78(97)69(19-13-14-31-87-84(60-15-9-7-10-16-60,61-17-11-8-12-18-61)62-24-20-57(4)21-25-62)91-79(98)76(56(2)3)92-73(96)30-33-104-35-37-106-39-41-108-43-45-110-47-49-112-50-48-111-46-44-109-42-40-107-38-36-105-34-32-88-93-86/h7-12,15-18,20-27,51-52,56,69,71,76,87,103H,6,13-14,19,28-50,53-55H2,1-5H3,(H,89,97)(H,91,98)(H,92,96)(H,101,102)/t69-,71-,76-,83-/m0/s1. The highest BCUT2D eigenvalue weighted by Crippen LogP contribution is 2.48. The molecule has 1 aliphatic carbocycles. The lowest BCUT2D eigenvalue weighted by Gasteiger charge is -2.37. The summed E-state index contributed by atoms with van der Waals surface area (Å²) in [5, 5.41) is 39.6. The molecule has 0 saturated heterocycles. The van der Waals surface area contributed by atoms with E-state index in [-0.39, 0.29) is 87.8 Å². The Hall–Kier alpha value is -9.59. The van der Waals surface area contributed by atoms with E-state index in [1.807, 2.05) is 36.4 Å². The molecule has 2 aliphatic heterocycles. The van der Waals surface area contributed by atoms with Gasteiger partial charge in [-0.2, -0.15) is 0 Å². The van der Waals surface area contributed by atoms with E-state index in [1.165, 1.54) is 15.5 Å². The SMILES string of the molecule is CC[C@@]1(O)C(=O)OCc2c1cc1n(c2=O)Cc2c-1nc1cc(F)c(C)c3c1c2[C@@H](N(Cc1ccc(NC(=O)[C@H](CCCCNC(c2ccccc2)(c2ccccc2)c2ccc(C)cc2)NC(=O)[C@@H](NC(=O)CCOCCOCCOCCOCCOCCOCCOCCOCCOCCN=[N+]=[N-])C(C)C)cc1)C(=O)O)CC3. The molecule has 606 valence electrons. The fraction of sp³-hybridized carbons (Fsp3) is 0.488. The third-order valence-electron chi connectivity index (χ3n) is 20.5. The molecule has 0 radical (unpaired) electrons. The summed E-state index contributed by atoms with van der Waals surface area (Å²) in [6.45, 7) is 15.9. The van der Waals surface area contributed by atoms with Crippen molar-refractivity contribution in [2.45, 2.75) is 129 Å². The first-order valence-corrected chi connectivity index (χ1v) is 38.8. The fourth-order valence-corrected chi connectivity index (χ4v) is 14.5. The van der Waals surface area contributed by atoms with E-state index in [2.05, 4.69) is 86.7 Å². The molecule has 0 unspecified atom stereocenters. The van der Waals surface area contributed by atoms with Gasteiger partial charge in [0.1, 0.15) is 24.5 Å². The van der Waals surface area contributed by atoms with Crippen molar-refractivity contribution in [1.29, 1.82) is 0 Å². The van der Waals surface area contributed by atoms with Gasteiger partial charge in [-0.05, 0) is 128 Å². The van der Waals surface area contributed by atoms with Gasteiger partial charge >= 0.3 is 12.1 Å². The third kappa shape index (κ3) is 22.5. The van der Waals surface area contributed by atoms with E-state index in [0.29, 0.717) is 182 Å². The number of carboxylic acid groups (broad SMARTS) is 1. The molecule has 29 heteroatoms. The molecule has 2 aromatic heterocycles. The van der Waals surface area contributed by atoms with Gasteiger partial charge in [0, 0.05) is 52.7 Å². The molecule has 4 amide bonds. The minimum atomic E-state index is -2.09. The average molecular weight is 1560 g/mol. The number of fused-ring (bicyclic) bond motifs is 5. The number of carbonyl (C=O) groups is 5. The topological polar surface area (TPSA) is 353 Å². The number of esters is 1. The molecule has 5 aromatic carbocycles. The number of unbranched alkanes of at least 4 members (excludes halogenated alkanes) is 1. The van der Waals surface area contributed by atoms with E-state index in [9.17, 15) is 39.0 Å². The van der Waals surface area contributed by atoms with E-state index in [0.717, 1.165) is 22.3 Å². The smallest absolute Gasteiger partial charge is 0.408 e. The molecule has 3 aliphatic rings. The summed E-state index contributed by atoms with van der Waals surface area (Å²) in [7, 11) is 0. The number of aryl methyl sites for hydroxylation is 2. The van der Waals surface area contributed by atoms with Crippen molar-refractivity contribution < 1.29 is 85.9 Å². The Balaban J connectivity index is 0.722. The molecular weight excluding hydrogens is 1460 g/mol. The molecule has 0 spiro atoms. The predicted molar refractivity (Wildman–Crippen MR) is 419 cm³/mol. The van der Waals surface area contributed by atoms with Crippen molar-refractivity contribution in [3.05, 3.63) is 209 Å². The zero-order chi connectivity index (χ0) is 80.1. The van der Waals surface area contributed by atoms with Crippen LogP contribution in [0.5, 0.6) is 0 Å². The number of nitrogens with one attached hydrogen (secondary N) is 4. The molecule has 0 bridgehead atoms. The van der Waals surface area contributed by atoms with Gasteiger partial charge < -0.3 is 78.1 Å². The van der Waals surface area contributed by atoms with Crippen LogP contribution in [0.15, 0.2) is 131 Å². The maximum absolute atomic E-state index is 15.8. The number of cyclic esters (lactones) is 1. The quantitative estimate of drug-likeness (QED) is 0.00515. The van der Waals surface area contributed by atoms with Crippen LogP contribution in [0, 0.1) is 25.6 Å². The normalized spacial score (nSPS) is 15.4. The summed E-state index contributed by atoms with van der Waals surface area (Å²) in [5.74, 6) is -3.24. The number of pyridine rings is 2. The number of aromatic nitrogens is 2. The van der Waals surface area contributed by atoms with Gasteiger partial charge in [-0.15, -0.1) is 0 Å². The van der Waals surface area contributed by atoms with Crippen LogP contribution in [0.4, 0.5) is 14.9 Å². The second kappa shape index (κ2) is 43.1. The monoisotopic (exact) mass is 1560 g/mol. The van der Waals surface area contributed by atoms with Gasteiger partial charge in [0.05, 0.1) is 160 Å². The number of hydrogen-bond donors (Lipinski definition) is 6. The largest absolute Gasteiger partial charge is 0.465 e. The Kier molecular flexibility index (Phi) is 32.7. The number of benzene rings is 5. The zero-order valence-electron chi connectivity index (χ0n) is 65.1. The van der Waals surface area contributed by atoms with Gasteiger partial charge in [-0.1, -0.05) is 129 Å². The molecule has 7 aromatic rings. The second-order valence-corrected chi connectivity index (χ2v) is 28.3. The van der Waals surface area contributed by atoms with Crippen LogP contribution in [-0.4, -0.2) is 199 Å². The van der Waals surface area contributed by atoms with Crippen molar-refractivity contribution in [1.82, 2.24) is 30.4 Å². The molecule has 4 atom stereocenters. The summed E-state index contributed by atoms with van der Waals surface area (Å²) in [6.07, 6.45) is 0.523. The van der Waals surface area contributed by atoms with Crippen molar-refractivity contribution >= 4 is 46.4 Å². The molecule has 4 heterocycles. The lowest BCUT2D eigenvalue weighted by molar-refractivity contribution is -0.172. The Morgan fingerprint density at radius 1 is 0.708 bits per heavy atom. The average Bonchev–Trinajstić information content (AvgIpc) is 1.61. The highest BCUT2D eigenvalue weighted by molar-refractivity contribution is 5.99. The summed E-state index contributed by atoms with van der Waals surface area (Å²) in [5.41, 5.74) is 13.5. The number of halogens is 1. The maximum Gasteiger partial charge on any atom is 0.408 e. The molecular formula is C84H105FN10O18. The summed E-state index contributed by atoms with van der Waals surface area (Å²) in [6, 6.07) is 35.7. The number of aliphatic hydroxyl groups is 1. The highest BCUT2D eigenvalue weighted by Gasteiger charge is 2.47. The van der Waals surface area contributed by atoms with Gasteiger partial charge in [-0.25, -0.2) is 19.0 Å². The van der Waals surface area contributed by atoms with E-state index < -0.39 is 70.4 Å². The Morgan fingerprint density at radius 3 is 1.80 bits per heavy atom. The second-order valence-electron chi connectivity index (χ2n) is 28.3. The number of nitrogens with zero attached hydrogens (tertiary/aromatic N) is 6. The van der Waals surface area contributed by atoms with Crippen molar-refractivity contribution in [3.63, 3.8) is 0 Å². The number of rotatable bonds is 49. The molecule has 6 N–H and O–H groups in total. The van der Waals surface area contributed by atoms with E-state index >= 15 is 4.39 Å². The van der Waals surface area contributed by atoms with E-state index in [1.54, 1.807) is 58.0 Å². The first-order chi connectivity index (χ1) is 54.9. The van der Waals surface area contributed by atoms with Crippen LogP contribution in [0.25, 0.3) is 32.7 Å². The number of hydrogen-bond acceptors (Lipinski definition) is 20. The molecule has 0 saturated carbocycles. The van der Waals surface area contributed by atoms with Crippen LogP contribution < -0.4 is 26.8 Å². The van der Waals surface area contributed by atoms with Crippen molar-refractivity contribution in [2.24, 2.45) is 11.0 Å². The molecule has 10 rings (SSSR count). The predicted octanol–water partition coefficient (Wildman–Crippen LogP) is 10.2. The number of ether oxygens (including phenoxy) is 10. The lowest BCUT2D eigenvalue weighted by Crippen LogP contribution is -2.54. The van der Waals surface area contributed by atoms with Gasteiger partial charge in [0.2, 0.25) is 17.7 Å². The lowest BCUT2D eigenvalue weighted by atomic mass is 9.76. The Bertz CT molecular complexity index is 4380. The molecule has 113 heavy (non-hydrogen) atoms.